The summed E-state index contributed by atoms with van der Waals surface area (Å²) in [5.74, 6) is 1.96. The normalized spacial score (nSPS) is 37.3. The molecule has 3 fully saturated rings. The lowest BCUT2D eigenvalue weighted by molar-refractivity contribution is -0.142. The number of hydrogen-bond acceptors (Lipinski definition) is 5. The Hall–Kier alpha value is -1.61. The van der Waals surface area contributed by atoms with Gasteiger partial charge in [-0.15, -0.1) is 0 Å². The van der Waals surface area contributed by atoms with Crippen LogP contribution in [-0.2, 0) is 4.84 Å². The summed E-state index contributed by atoms with van der Waals surface area (Å²) in [6, 6.07) is 0.101. The molecule has 0 aromatic carbocycles. The van der Waals surface area contributed by atoms with Crippen LogP contribution in [0.15, 0.2) is 16.8 Å². The molecule has 4 aliphatic rings. The van der Waals surface area contributed by atoms with Crippen molar-refractivity contribution in [2.24, 2.45) is 39.7 Å². The highest BCUT2D eigenvalue weighted by atomic mass is 19.4. The lowest BCUT2D eigenvalue weighted by atomic mass is 9.46. The number of carbonyl (C=O) groups is 1. The third kappa shape index (κ3) is 5.93. The van der Waals surface area contributed by atoms with Gasteiger partial charge in [-0.25, -0.2) is 4.79 Å². The van der Waals surface area contributed by atoms with E-state index in [-0.39, 0.29) is 42.0 Å². The highest BCUT2D eigenvalue weighted by Crippen LogP contribution is 2.66. The Morgan fingerprint density at radius 1 is 1.18 bits per heavy atom. The van der Waals surface area contributed by atoms with Gasteiger partial charge in [-0.05, 0) is 86.9 Å². The molecule has 216 valence electrons. The molecule has 38 heavy (non-hydrogen) atoms. The molecule has 9 heteroatoms. The number of oxime groups is 1. The average Bonchev–Trinajstić information content (AvgIpc) is 3.18. The molecule has 0 saturated heterocycles. The van der Waals surface area contributed by atoms with E-state index < -0.39 is 18.8 Å². The van der Waals surface area contributed by atoms with E-state index in [2.05, 4.69) is 30.4 Å². The zero-order valence-electron chi connectivity index (χ0n) is 23.6. The lowest BCUT2D eigenvalue weighted by Crippen LogP contribution is -2.51. The molecule has 0 aromatic heterocycles. The third-order valence-electron chi connectivity index (χ3n) is 10.4. The average molecular weight is 542 g/mol. The topological polar surface area (TPSA) is 74.2 Å². The molecule has 0 aromatic rings. The summed E-state index contributed by atoms with van der Waals surface area (Å²) in [4.78, 5) is 18.4. The van der Waals surface area contributed by atoms with Gasteiger partial charge in [-0.1, -0.05) is 44.5 Å². The molecule has 0 radical (unpaired) electrons. The number of carbonyl (C=O) groups excluding carboxylic acids is 1. The Morgan fingerprint density at radius 2 is 1.92 bits per heavy atom. The monoisotopic (exact) mass is 541 g/mol. The minimum absolute atomic E-state index is 0.0414. The Morgan fingerprint density at radius 3 is 2.61 bits per heavy atom. The van der Waals surface area contributed by atoms with Crippen molar-refractivity contribution in [3.8, 4) is 0 Å². The van der Waals surface area contributed by atoms with E-state index >= 15 is 0 Å². The first-order valence-electron chi connectivity index (χ1n) is 14.4. The maximum atomic E-state index is 13.1. The lowest BCUT2D eigenvalue weighted by Gasteiger charge is -2.58. The van der Waals surface area contributed by atoms with Crippen LogP contribution < -0.4 is 5.32 Å². The zero-order chi connectivity index (χ0) is 27.9. The Balaban J connectivity index is 1.43. The number of rotatable bonds is 7. The molecule has 1 amide bonds. The van der Waals surface area contributed by atoms with Gasteiger partial charge >= 0.3 is 12.3 Å². The molecule has 4 rings (SSSR count). The van der Waals surface area contributed by atoms with Gasteiger partial charge in [0.15, 0.2) is 0 Å². The summed E-state index contributed by atoms with van der Waals surface area (Å²) >= 11 is 0. The number of aliphatic hydroxyl groups is 1. The number of nitrogens with one attached hydrogen (secondary N) is 1. The number of allylic oxidation sites excluding steroid dienone is 1. The molecule has 4 aliphatic carbocycles. The van der Waals surface area contributed by atoms with Gasteiger partial charge in [0.2, 0.25) is 0 Å². The van der Waals surface area contributed by atoms with Gasteiger partial charge in [-0.3, -0.25) is 9.74 Å². The minimum atomic E-state index is -4.51. The number of aliphatic hydroxyl groups excluding tert-OH is 1. The van der Waals surface area contributed by atoms with Gasteiger partial charge in [0.1, 0.15) is 6.54 Å². The second-order valence-electron chi connectivity index (χ2n) is 13.0. The zero-order valence-corrected chi connectivity index (χ0v) is 23.6. The predicted octanol–water partition coefficient (Wildman–Crippen LogP) is 6.30. The fraction of sp³-hybridized carbons (Fsp3) is 0.862. The fourth-order valence-corrected chi connectivity index (χ4v) is 8.57. The molecule has 2 N–H and O–H groups in total. The van der Waals surface area contributed by atoms with E-state index in [0.29, 0.717) is 28.4 Å². The second kappa shape index (κ2) is 11.1. The first-order chi connectivity index (χ1) is 17.7. The molecule has 7 atom stereocenters. The Kier molecular flexibility index (Phi) is 8.58. The minimum Gasteiger partial charge on any atom is -0.389 e. The van der Waals surface area contributed by atoms with Crippen molar-refractivity contribution in [1.29, 1.82) is 0 Å². The summed E-state index contributed by atoms with van der Waals surface area (Å²) < 4.78 is 39.3. The van der Waals surface area contributed by atoms with Crippen molar-refractivity contribution in [1.82, 2.24) is 10.2 Å². The van der Waals surface area contributed by atoms with Gasteiger partial charge in [0.25, 0.3) is 0 Å². The molecule has 0 aliphatic heterocycles. The van der Waals surface area contributed by atoms with E-state index in [1.165, 1.54) is 5.57 Å². The van der Waals surface area contributed by atoms with Crippen molar-refractivity contribution in [2.45, 2.75) is 104 Å². The molecule has 6 nitrogen and oxygen atoms in total. The van der Waals surface area contributed by atoms with Crippen molar-refractivity contribution >= 4 is 11.8 Å². The SMILES string of the molecule is C/C(=N\OC(=O)N(CCNC(C)C)CC(F)(F)F)[C@H]1CC[C@H]2[C@@H]3CCC4=C[C@@H](O)CC[C@]4(C)[C@H]3CC[C@]12C. The third-order valence-corrected chi connectivity index (χ3v) is 10.4. The molecular weight excluding hydrogens is 495 g/mol. The number of alkyl halides is 3. The number of amides is 1. The quantitative estimate of drug-likeness (QED) is 0.172. The van der Waals surface area contributed by atoms with E-state index in [0.717, 1.165) is 51.4 Å². The highest BCUT2D eigenvalue weighted by Gasteiger charge is 2.59. The van der Waals surface area contributed by atoms with Crippen LogP contribution in [0.25, 0.3) is 0 Å². The van der Waals surface area contributed by atoms with Crippen LogP contribution in [0.5, 0.6) is 0 Å². The summed E-state index contributed by atoms with van der Waals surface area (Å²) in [5.41, 5.74) is 2.37. The summed E-state index contributed by atoms with van der Waals surface area (Å²) in [7, 11) is 0. The number of nitrogens with zero attached hydrogens (tertiary/aromatic N) is 2. The van der Waals surface area contributed by atoms with E-state index in [9.17, 15) is 23.1 Å². The van der Waals surface area contributed by atoms with Gasteiger partial charge < -0.3 is 10.4 Å². The van der Waals surface area contributed by atoms with Crippen molar-refractivity contribution < 1.29 is 27.9 Å². The van der Waals surface area contributed by atoms with Gasteiger partial charge in [-0.2, -0.15) is 13.2 Å². The van der Waals surface area contributed by atoms with Crippen LogP contribution in [0.4, 0.5) is 18.0 Å². The molecule has 0 heterocycles. The van der Waals surface area contributed by atoms with Crippen molar-refractivity contribution in [2.75, 3.05) is 19.6 Å². The summed E-state index contributed by atoms with van der Waals surface area (Å²) in [6.07, 6.45) is 4.58. The number of hydrogen-bond donors (Lipinski definition) is 2. The molecule has 0 spiro atoms. The molecule has 0 unspecified atom stereocenters. The molecule has 3 saturated carbocycles. The van der Waals surface area contributed by atoms with E-state index in [4.69, 9.17) is 4.84 Å². The van der Waals surface area contributed by atoms with Gasteiger partial charge in [0, 0.05) is 25.0 Å². The van der Waals surface area contributed by atoms with Crippen LogP contribution in [0.2, 0.25) is 0 Å². The summed E-state index contributed by atoms with van der Waals surface area (Å²) in [5, 5.41) is 17.4. The first kappa shape index (κ1) is 29.4. The smallest absolute Gasteiger partial charge is 0.389 e. The number of halogens is 3. The van der Waals surface area contributed by atoms with Crippen LogP contribution in [0.3, 0.4) is 0 Å². The van der Waals surface area contributed by atoms with Crippen LogP contribution >= 0.6 is 0 Å². The summed E-state index contributed by atoms with van der Waals surface area (Å²) in [6.45, 7) is 9.17. The van der Waals surface area contributed by atoms with E-state index in [1.807, 2.05) is 20.8 Å². The molecular formula is C29H46F3N3O3. The maximum Gasteiger partial charge on any atom is 0.436 e. The highest BCUT2D eigenvalue weighted by molar-refractivity contribution is 5.85. The largest absolute Gasteiger partial charge is 0.436 e. The van der Waals surface area contributed by atoms with E-state index in [1.54, 1.807) is 0 Å². The van der Waals surface area contributed by atoms with Crippen molar-refractivity contribution in [3.05, 3.63) is 11.6 Å². The van der Waals surface area contributed by atoms with Crippen LogP contribution in [-0.4, -0.2) is 59.8 Å². The van der Waals surface area contributed by atoms with Gasteiger partial charge in [0.05, 0.1) is 11.8 Å². The predicted molar refractivity (Wildman–Crippen MR) is 142 cm³/mol. The fourth-order valence-electron chi connectivity index (χ4n) is 8.57. The standard InChI is InChI=1S/C29H46F3N3O3/c1-18(2)33-14-15-35(17-29(30,31)32)26(37)38-34-19(3)23-8-9-24-22-7-6-20-16-21(36)10-12-27(20,4)25(22)11-13-28(23,24)5/h16,18,21-25,33,36H,6-15,17H2,1-5H3/b34-19+/t21-,22-,23+,24-,25-,27-,28+/m0/s1. The first-order valence-corrected chi connectivity index (χ1v) is 14.4. The Labute approximate surface area is 225 Å². The second-order valence-corrected chi connectivity index (χ2v) is 13.0. The Bertz CT molecular complexity index is 936. The maximum absolute atomic E-state index is 13.1. The molecule has 0 bridgehead atoms. The number of fused-ring (bicyclic) bond motifs is 5. The van der Waals surface area contributed by atoms with Crippen molar-refractivity contribution in [3.63, 3.8) is 0 Å². The van der Waals surface area contributed by atoms with Crippen LogP contribution in [0.1, 0.15) is 86.0 Å². The van der Waals surface area contributed by atoms with Crippen LogP contribution in [0, 0.1) is 34.5 Å².